The van der Waals surface area contributed by atoms with Crippen LogP contribution < -0.4 is 20.1 Å². The van der Waals surface area contributed by atoms with Crippen molar-refractivity contribution in [3.63, 3.8) is 0 Å². The number of aliphatic imine (C=N–C) groups is 1. The van der Waals surface area contributed by atoms with Crippen LogP contribution in [-0.2, 0) is 6.54 Å². The zero-order chi connectivity index (χ0) is 16.7. The van der Waals surface area contributed by atoms with E-state index in [0.29, 0.717) is 24.0 Å². The molecule has 24 heavy (non-hydrogen) atoms. The van der Waals surface area contributed by atoms with Gasteiger partial charge in [-0.25, -0.2) is 9.97 Å². The molecule has 0 aliphatic heterocycles. The fraction of sp³-hybridized carbons (Fsp3) is 0.312. The molecule has 0 unspecified atom stereocenters. The third-order valence-electron chi connectivity index (χ3n) is 3.14. The van der Waals surface area contributed by atoms with Crippen LogP contribution in [0.15, 0.2) is 35.5 Å². The Bertz CT molecular complexity index is 694. The highest BCUT2D eigenvalue weighted by Crippen LogP contribution is 2.29. The van der Waals surface area contributed by atoms with E-state index in [0.717, 1.165) is 17.2 Å². The lowest BCUT2D eigenvalue weighted by Crippen LogP contribution is -2.30. The van der Waals surface area contributed by atoms with Crippen molar-refractivity contribution in [3.8, 4) is 11.5 Å². The van der Waals surface area contributed by atoms with Gasteiger partial charge < -0.3 is 20.1 Å². The molecule has 0 amide bonds. The summed E-state index contributed by atoms with van der Waals surface area (Å²) >= 11 is 0. The molecular formula is C16H22IN5O2. The molecule has 0 saturated heterocycles. The second-order valence-corrected chi connectivity index (χ2v) is 4.72. The van der Waals surface area contributed by atoms with Gasteiger partial charge in [0.15, 0.2) is 17.5 Å². The van der Waals surface area contributed by atoms with E-state index in [1.165, 1.54) is 0 Å². The van der Waals surface area contributed by atoms with Crippen LogP contribution in [0.25, 0.3) is 0 Å². The summed E-state index contributed by atoms with van der Waals surface area (Å²) < 4.78 is 10.5. The number of nitrogens with zero attached hydrogens (tertiary/aromatic N) is 3. The largest absolute Gasteiger partial charge is 0.493 e. The van der Waals surface area contributed by atoms with Gasteiger partial charge in [-0.3, -0.25) is 4.99 Å². The first-order valence-electron chi connectivity index (χ1n) is 7.14. The Morgan fingerprint density at radius 1 is 1.17 bits per heavy atom. The van der Waals surface area contributed by atoms with Crippen LogP contribution in [0.1, 0.15) is 11.5 Å². The number of hydrogen-bond donors (Lipinski definition) is 2. The van der Waals surface area contributed by atoms with Crippen molar-refractivity contribution < 1.29 is 9.47 Å². The Morgan fingerprint density at radius 3 is 2.54 bits per heavy atom. The lowest BCUT2D eigenvalue weighted by atomic mass is 10.2. The molecule has 2 rings (SSSR count). The van der Waals surface area contributed by atoms with Crippen LogP contribution >= 0.6 is 24.0 Å². The molecule has 0 saturated carbocycles. The molecule has 1 heterocycles. The zero-order valence-electron chi connectivity index (χ0n) is 14.2. The van der Waals surface area contributed by atoms with Gasteiger partial charge in [-0.1, -0.05) is 0 Å². The van der Waals surface area contributed by atoms with Gasteiger partial charge in [0.05, 0.1) is 26.5 Å². The van der Waals surface area contributed by atoms with Gasteiger partial charge in [-0.05, 0) is 25.1 Å². The average molecular weight is 443 g/mol. The third-order valence-corrected chi connectivity index (χ3v) is 3.14. The Kier molecular flexibility index (Phi) is 8.24. The van der Waals surface area contributed by atoms with E-state index in [9.17, 15) is 0 Å². The van der Waals surface area contributed by atoms with Crippen molar-refractivity contribution in [2.45, 2.75) is 13.5 Å². The summed E-state index contributed by atoms with van der Waals surface area (Å²) in [6, 6.07) is 7.44. The van der Waals surface area contributed by atoms with Crippen LogP contribution in [0, 0.1) is 6.92 Å². The van der Waals surface area contributed by atoms with Gasteiger partial charge in [0, 0.05) is 25.0 Å². The van der Waals surface area contributed by atoms with Crippen molar-refractivity contribution in [3.05, 3.63) is 42.0 Å². The van der Waals surface area contributed by atoms with Crippen LogP contribution in [0.5, 0.6) is 11.5 Å². The summed E-state index contributed by atoms with van der Waals surface area (Å²) in [5.74, 6) is 2.71. The van der Waals surface area contributed by atoms with E-state index in [2.05, 4.69) is 25.6 Å². The summed E-state index contributed by atoms with van der Waals surface area (Å²) in [6.45, 7) is 2.41. The standard InChI is InChI=1S/C16H21N5O2.HI/c1-11-18-8-7-13(20-11)10-19-16(17-2)21-12-5-6-14(22-3)15(9-12)23-4;/h5-9H,10H2,1-4H3,(H2,17,19,21);1H. The van der Waals surface area contributed by atoms with Crippen LogP contribution in [0.3, 0.4) is 0 Å². The zero-order valence-corrected chi connectivity index (χ0v) is 16.5. The first-order valence-corrected chi connectivity index (χ1v) is 7.14. The van der Waals surface area contributed by atoms with Gasteiger partial charge in [-0.2, -0.15) is 0 Å². The number of guanidine groups is 1. The third kappa shape index (κ3) is 5.52. The van der Waals surface area contributed by atoms with Gasteiger partial charge in [0.25, 0.3) is 0 Å². The van der Waals surface area contributed by atoms with Gasteiger partial charge in [0.1, 0.15) is 5.82 Å². The number of aromatic nitrogens is 2. The quantitative estimate of drug-likeness (QED) is 0.420. The van der Waals surface area contributed by atoms with Crippen molar-refractivity contribution in [1.29, 1.82) is 0 Å². The molecule has 1 aromatic heterocycles. The number of nitrogens with one attached hydrogen (secondary N) is 2. The topological polar surface area (TPSA) is 80.7 Å². The Labute approximate surface area is 158 Å². The molecule has 2 aromatic rings. The second kappa shape index (κ2) is 9.91. The van der Waals surface area contributed by atoms with Crippen LogP contribution in [0.2, 0.25) is 0 Å². The van der Waals surface area contributed by atoms with Gasteiger partial charge in [0.2, 0.25) is 0 Å². The molecule has 7 nitrogen and oxygen atoms in total. The van der Waals surface area contributed by atoms with Crippen molar-refractivity contribution in [2.24, 2.45) is 4.99 Å². The molecule has 0 atom stereocenters. The maximum Gasteiger partial charge on any atom is 0.195 e. The summed E-state index contributed by atoms with van der Waals surface area (Å²) in [4.78, 5) is 12.6. The smallest absolute Gasteiger partial charge is 0.195 e. The van der Waals surface area contributed by atoms with Crippen LogP contribution in [-0.4, -0.2) is 37.2 Å². The fourth-order valence-electron chi connectivity index (χ4n) is 2.01. The van der Waals surface area contributed by atoms with Crippen LogP contribution in [0.4, 0.5) is 5.69 Å². The average Bonchev–Trinajstić information content (AvgIpc) is 2.58. The second-order valence-electron chi connectivity index (χ2n) is 4.72. The minimum atomic E-state index is 0. The predicted molar refractivity (Wildman–Crippen MR) is 106 cm³/mol. The van der Waals surface area contributed by atoms with E-state index in [-0.39, 0.29) is 24.0 Å². The van der Waals surface area contributed by atoms with Crippen molar-refractivity contribution in [2.75, 3.05) is 26.6 Å². The number of aryl methyl sites for hydroxylation is 1. The van der Waals surface area contributed by atoms with Crippen molar-refractivity contribution >= 4 is 35.6 Å². The monoisotopic (exact) mass is 443 g/mol. The summed E-state index contributed by atoms with van der Waals surface area (Å²) in [6.07, 6.45) is 1.74. The molecule has 0 fully saturated rings. The number of ether oxygens (including phenoxy) is 2. The maximum atomic E-state index is 5.29. The SMILES string of the molecule is CN=C(NCc1ccnc(C)n1)Nc1ccc(OC)c(OC)c1.I. The molecule has 1 aromatic carbocycles. The molecule has 0 radical (unpaired) electrons. The minimum Gasteiger partial charge on any atom is -0.493 e. The highest BCUT2D eigenvalue weighted by Gasteiger charge is 2.06. The Morgan fingerprint density at radius 2 is 1.92 bits per heavy atom. The highest BCUT2D eigenvalue weighted by atomic mass is 127. The number of methoxy groups -OCH3 is 2. The molecule has 0 bridgehead atoms. The Balaban J connectivity index is 0.00000288. The lowest BCUT2D eigenvalue weighted by molar-refractivity contribution is 0.355. The first-order chi connectivity index (χ1) is 11.2. The van der Waals surface area contributed by atoms with Gasteiger partial charge in [-0.15, -0.1) is 24.0 Å². The predicted octanol–water partition coefficient (Wildman–Crippen LogP) is 2.61. The number of halogens is 1. The van der Waals surface area contributed by atoms with E-state index >= 15 is 0 Å². The number of rotatable bonds is 5. The minimum absolute atomic E-state index is 0. The normalized spacial score (nSPS) is 10.6. The van der Waals surface area contributed by atoms with Crippen molar-refractivity contribution in [1.82, 2.24) is 15.3 Å². The van der Waals surface area contributed by atoms with E-state index in [1.54, 1.807) is 27.5 Å². The summed E-state index contributed by atoms with van der Waals surface area (Å²) in [5, 5.41) is 6.40. The number of hydrogen-bond acceptors (Lipinski definition) is 5. The maximum absolute atomic E-state index is 5.29. The molecule has 0 aliphatic rings. The summed E-state index contributed by atoms with van der Waals surface area (Å²) in [5.41, 5.74) is 1.74. The first kappa shape index (κ1) is 19.9. The summed E-state index contributed by atoms with van der Waals surface area (Å²) in [7, 11) is 4.92. The molecular weight excluding hydrogens is 421 g/mol. The van der Waals surface area contributed by atoms with Gasteiger partial charge >= 0.3 is 0 Å². The van der Waals surface area contributed by atoms with E-state index in [1.807, 2.05) is 31.2 Å². The molecule has 2 N–H and O–H groups in total. The van der Waals surface area contributed by atoms with E-state index in [4.69, 9.17) is 9.47 Å². The fourth-order valence-corrected chi connectivity index (χ4v) is 2.01. The molecule has 0 aliphatic carbocycles. The Hall–Kier alpha value is -2.10. The highest BCUT2D eigenvalue weighted by molar-refractivity contribution is 14.0. The van der Waals surface area contributed by atoms with E-state index < -0.39 is 0 Å². The lowest BCUT2D eigenvalue weighted by Gasteiger charge is -2.14. The molecule has 130 valence electrons. The molecule has 8 heteroatoms. The number of anilines is 1. The number of benzene rings is 1. The molecule has 0 spiro atoms.